The third-order valence-corrected chi connectivity index (χ3v) is 3.18. The second-order valence-electron chi connectivity index (χ2n) is 2.97. The molecule has 0 fully saturated rings. The third kappa shape index (κ3) is 3.19. The number of aliphatic carboxylic acids is 1. The Morgan fingerprint density at radius 2 is 2.25 bits per heavy atom. The molecule has 0 radical (unpaired) electrons. The van der Waals surface area contributed by atoms with E-state index in [1.54, 1.807) is 11.4 Å². The van der Waals surface area contributed by atoms with Gasteiger partial charge in [0.25, 0.3) is 5.91 Å². The van der Waals surface area contributed by atoms with Gasteiger partial charge in [0.1, 0.15) is 10.9 Å². The molecule has 0 bridgehead atoms. The second kappa shape index (κ2) is 5.83. The fraction of sp³-hybridized carbons (Fsp3) is 0.333. The number of aliphatic hydroxyl groups is 1. The molecule has 1 atom stereocenters. The first-order valence-corrected chi connectivity index (χ1v) is 5.69. The summed E-state index contributed by atoms with van der Waals surface area (Å²) in [4.78, 5) is 22.6. The Labute approximate surface area is 101 Å². The molecule has 5 nitrogen and oxygen atoms in total. The highest BCUT2D eigenvalue weighted by molar-refractivity contribution is 7.12. The van der Waals surface area contributed by atoms with Gasteiger partial charge in [-0.05, 0) is 11.4 Å². The van der Waals surface area contributed by atoms with Crippen molar-refractivity contribution in [3.8, 4) is 0 Å². The minimum Gasteiger partial charge on any atom is -0.480 e. The summed E-state index contributed by atoms with van der Waals surface area (Å²) >= 11 is 6.86. The van der Waals surface area contributed by atoms with Crippen molar-refractivity contribution in [2.75, 3.05) is 6.61 Å². The Kier molecular flexibility index (Phi) is 4.72. The maximum absolute atomic E-state index is 11.6. The van der Waals surface area contributed by atoms with E-state index in [2.05, 4.69) is 5.32 Å². The summed E-state index contributed by atoms with van der Waals surface area (Å²) in [6, 6.07) is 0.457. The van der Waals surface area contributed by atoms with Gasteiger partial charge in [-0.1, -0.05) is 11.6 Å². The number of rotatable bonds is 5. The molecule has 16 heavy (non-hydrogen) atoms. The number of carboxylic acids is 1. The van der Waals surface area contributed by atoms with Crippen molar-refractivity contribution in [1.82, 2.24) is 5.32 Å². The summed E-state index contributed by atoms with van der Waals surface area (Å²) in [5, 5.41) is 21.6. The second-order valence-corrected chi connectivity index (χ2v) is 4.30. The highest BCUT2D eigenvalue weighted by atomic mass is 35.5. The predicted molar refractivity (Wildman–Crippen MR) is 59.9 cm³/mol. The number of hydrogen-bond acceptors (Lipinski definition) is 4. The smallest absolute Gasteiger partial charge is 0.326 e. The maximum Gasteiger partial charge on any atom is 0.326 e. The average Bonchev–Trinajstić information content (AvgIpc) is 2.63. The molecule has 0 saturated carbocycles. The Hall–Kier alpha value is -1.11. The van der Waals surface area contributed by atoms with Gasteiger partial charge in [0, 0.05) is 13.0 Å². The van der Waals surface area contributed by atoms with Crippen LogP contribution in [0.15, 0.2) is 11.4 Å². The molecule has 0 aliphatic rings. The highest BCUT2D eigenvalue weighted by Crippen LogP contribution is 2.21. The summed E-state index contributed by atoms with van der Waals surface area (Å²) in [6.07, 6.45) is -0.0376. The molecule has 88 valence electrons. The molecule has 1 aromatic rings. The SMILES string of the molecule is O=C(N[C@H](CCO)C(=O)O)c1sccc1Cl. The molecule has 0 spiro atoms. The van der Waals surface area contributed by atoms with Crippen molar-refractivity contribution < 1.29 is 19.8 Å². The zero-order chi connectivity index (χ0) is 12.1. The molecule has 0 aliphatic carbocycles. The Balaban J connectivity index is 2.69. The van der Waals surface area contributed by atoms with Gasteiger partial charge in [-0.25, -0.2) is 4.79 Å². The van der Waals surface area contributed by atoms with E-state index >= 15 is 0 Å². The topological polar surface area (TPSA) is 86.6 Å². The number of thiophene rings is 1. The summed E-state index contributed by atoms with van der Waals surface area (Å²) < 4.78 is 0. The van der Waals surface area contributed by atoms with Crippen LogP contribution in [0, 0.1) is 0 Å². The van der Waals surface area contributed by atoms with Crippen molar-refractivity contribution in [3.05, 3.63) is 21.3 Å². The van der Waals surface area contributed by atoms with Crippen LogP contribution in [-0.4, -0.2) is 34.7 Å². The lowest BCUT2D eigenvalue weighted by Crippen LogP contribution is -2.41. The number of carboxylic acid groups (broad SMARTS) is 1. The normalized spacial score (nSPS) is 12.1. The Bertz CT molecular complexity index is 393. The number of nitrogens with one attached hydrogen (secondary N) is 1. The van der Waals surface area contributed by atoms with Crippen molar-refractivity contribution in [3.63, 3.8) is 0 Å². The number of hydrogen-bond donors (Lipinski definition) is 3. The monoisotopic (exact) mass is 263 g/mol. The molecule has 7 heteroatoms. The highest BCUT2D eigenvalue weighted by Gasteiger charge is 2.21. The molecular weight excluding hydrogens is 254 g/mol. The van der Waals surface area contributed by atoms with E-state index in [1.165, 1.54) is 0 Å². The van der Waals surface area contributed by atoms with Gasteiger partial charge >= 0.3 is 5.97 Å². The fourth-order valence-corrected chi connectivity index (χ4v) is 2.11. The van der Waals surface area contributed by atoms with Crippen LogP contribution in [0.1, 0.15) is 16.1 Å². The lowest BCUT2D eigenvalue weighted by atomic mass is 10.2. The fourth-order valence-electron chi connectivity index (χ4n) is 1.07. The lowest BCUT2D eigenvalue weighted by Gasteiger charge is -2.12. The molecule has 1 heterocycles. The predicted octanol–water partition coefficient (Wildman–Crippen LogP) is 0.967. The van der Waals surface area contributed by atoms with Crippen LogP contribution >= 0.6 is 22.9 Å². The zero-order valence-corrected chi connectivity index (χ0v) is 9.72. The van der Waals surface area contributed by atoms with Gasteiger partial charge in [-0.2, -0.15) is 0 Å². The average molecular weight is 264 g/mol. The van der Waals surface area contributed by atoms with Gasteiger partial charge in [0.15, 0.2) is 0 Å². The van der Waals surface area contributed by atoms with Crippen molar-refractivity contribution >= 4 is 34.8 Å². The largest absolute Gasteiger partial charge is 0.480 e. The molecule has 0 aliphatic heterocycles. The number of carbonyl (C=O) groups is 2. The molecule has 0 unspecified atom stereocenters. The Morgan fingerprint density at radius 3 is 2.69 bits per heavy atom. The summed E-state index contributed by atoms with van der Waals surface area (Å²) in [7, 11) is 0. The lowest BCUT2D eigenvalue weighted by molar-refractivity contribution is -0.139. The van der Waals surface area contributed by atoms with Crippen molar-refractivity contribution in [1.29, 1.82) is 0 Å². The van der Waals surface area contributed by atoms with E-state index in [9.17, 15) is 9.59 Å². The molecule has 1 aromatic heterocycles. The van der Waals surface area contributed by atoms with E-state index in [0.29, 0.717) is 0 Å². The van der Waals surface area contributed by atoms with Crippen LogP contribution < -0.4 is 5.32 Å². The first kappa shape index (κ1) is 13.0. The molecule has 3 N–H and O–H groups in total. The van der Waals surface area contributed by atoms with E-state index in [4.69, 9.17) is 21.8 Å². The molecule has 0 saturated heterocycles. The molecular formula is C9H10ClNO4S. The van der Waals surface area contributed by atoms with Crippen LogP contribution in [0.2, 0.25) is 5.02 Å². The van der Waals surface area contributed by atoms with Crippen LogP contribution in [0.25, 0.3) is 0 Å². The van der Waals surface area contributed by atoms with Crippen LogP contribution in [0.5, 0.6) is 0 Å². The quantitative estimate of drug-likeness (QED) is 0.739. The van der Waals surface area contributed by atoms with Crippen molar-refractivity contribution in [2.45, 2.75) is 12.5 Å². The van der Waals surface area contributed by atoms with E-state index < -0.39 is 17.9 Å². The van der Waals surface area contributed by atoms with Crippen LogP contribution in [0.4, 0.5) is 0 Å². The van der Waals surface area contributed by atoms with E-state index in [0.717, 1.165) is 11.3 Å². The number of aliphatic hydroxyl groups excluding tert-OH is 1. The maximum atomic E-state index is 11.6. The molecule has 1 rings (SSSR count). The summed E-state index contributed by atoms with van der Waals surface area (Å²) in [5.74, 6) is -1.73. The first-order chi connectivity index (χ1) is 7.56. The Morgan fingerprint density at radius 1 is 1.56 bits per heavy atom. The van der Waals surface area contributed by atoms with Gasteiger partial charge in [0.2, 0.25) is 0 Å². The minimum atomic E-state index is -1.19. The number of amides is 1. The van der Waals surface area contributed by atoms with Crippen molar-refractivity contribution in [2.24, 2.45) is 0 Å². The zero-order valence-electron chi connectivity index (χ0n) is 8.14. The van der Waals surface area contributed by atoms with Gasteiger partial charge in [-0.3, -0.25) is 4.79 Å². The molecule has 0 aromatic carbocycles. The third-order valence-electron chi connectivity index (χ3n) is 1.84. The van der Waals surface area contributed by atoms with Gasteiger partial charge < -0.3 is 15.5 Å². The standard InChI is InChI=1S/C9H10ClNO4S/c10-5-2-4-16-7(5)8(13)11-6(1-3-12)9(14)15/h2,4,6,12H,1,3H2,(H,11,13)(H,14,15)/t6-/m1/s1. The van der Waals surface area contributed by atoms with E-state index in [-0.39, 0.29) is 22.9 Å². The van der Waals surface area contributed by atoms with Gasteiger partial charge in [-0.15, -0.1) is 11.3 Å². The first-order valence-electron chi connectivity index (χ1n) is 4.43. The van der Waals surface area contributed by atoms with Gasteiger partial charge in [0.05, 0.1) is 5.02 Å². The summed E-state index contributed by atoms with van der Waals surface area (Å²) in [6.45, 7) is -0.310. The number of halogens is 1. The molecule has 1 amide bonds. The van der Waals surface area contributed by atoms with Crippen LogP contribution in [-0.2, 0) is 4.79 Å². The van der Waals surface area contributed by atoms with E-state index in [1.807, 2.05) is 0 Å². The number of carbonyl (C=O) groups excluding carboxylic acids is 1. The summed E-state index contributed by atoms with van der Waals surface area (Å²) in [5.41, 5.74) is 0. The minimum absolute atomic E-state index is 0.0376. The van der Waals surface area contributed by atoms with Crippen LogP contribution in [0.3, 0.4) is 0 Å².